The predicted octanol–water partition coefficient (Wildman–Crippen LogP) is 0.0639. The van der Waals surface area contributed by atoms with Crippen LogP contribution in [-0.4, -0.2) is 16.1 Å². The molecule has 6 heteroatoms. The van der Waals surface area contributed by atoms with Crippen LogP contribution >= 0.6 is 22.6 Å². The van der Waals surface area contributed by atoms with Crippen LogP contribution in [0.5, 0.6) is 0 Å². The van der Waals surface area contributed by atoms with E-state index in [0.29, 0.717) is 0 Å². The van der Waals surface area contributed by atoms with Crippen molar-refractivity contribution in [1.82, 2.24) is 4.98 Å². The van der Waals surface area contributed by atoms with Gasteiger partial charge in [0.2, 0.25) is 0 Å². The molecule has 1 atom stereocenters. The molecule has 0 aliphatic rings. The SMILES string of the molecule is NC(C(=O)O)c1cc(I)c[nH]c1=O. The number of halogens is 1. The maximum absolute atomic E-state index is 11.1. The van der Waals surface area contributed by atoms with Crippen molar-refractivity contribution < 1.29 is 9.90 Å². The molecule has 0 amide bonds. The average Bonchev–Trinajstić information content (AvgIpc) is 2.08. The molecule has 1 heterocycles. The van der Waals surface area contributed by atoms with E-state index < -0.39 is 17.6 Å². The first-order chi connectivity index (χ1) is 6.02. The summed E-state index contributed by atoms with van der Waals surface area (Å²) in [6, 6.07) is 0.191. The second-order valence-electron chi connectivity index (χ2n) is 2.42. The topological polar surface area (TPSA) is 96.2 Å². The molecular formula is C7H7IN2O3. The molecule has 0 bridgehead atoms. The maximum atomic E-state index is 11.1. The summed E-state index contributed by atoms with van der Waals surface area (Å²) in [5.41, 5.74) is 4.89. The Hall–Kier alpha value is -0.890. The highest BCUT2D eigenvalue weighted by Gasteiger charge is 2.17. The summed E-state index contributed by atoms with van der Waals surface area (Å²) in [5, 5.41) is 8.57. The highest BCUT2D eigenvalue weighted by molar-refractivity contribution is 14.1. The van der Waals surface area contributed by atoms with Crippen LogP contribution in [0.25, 0.3) is 0 Å². The number of carboxylic acid groups (broad SMARTS) is 1. The van der Waals surface area contributed by atoms with Gasteiger partial charge in [-0.05, 0) is 28.7 Å². The van der Waals surface area contributed by atoms with Crippen molar-refractivity contribution in [2.45, 2.75) is 6.04 Å². The molecule has 1 aromatic heterocycles. The zero-order chi connectivity index (χ0) is 10.0. The van der Waals surface area contributed by atoms with Gasteiger partial charge in [0, 0.05) is 15.3 Å². The number of pyridine rings is 1. The molecule has 0 aromatic carbocycles. The van der Waals surface area contributed by atoms with E-state index >= 15 is 0 Å². The Kier molecular flexibility index (Phi) is 3.04. The van der Waals surface area contributed by atoms with Gasteiger partial charge in [0.1, 0.15) is 6.04 Å². The van der Waals surface area contributed by atoms with Crippen LogP contribution in [0.4, 0.5) is 0 Å². The Morgan fingerprint density at radius 1 is 1.69 bits per heavy atom. The number of aliphatic carboxylic acids is 1. The first kappa shape index (κ1) is 10.2. The van der Waals surface area contributed by atoms with Crippen LogP contribution in [0.2, 0.25) is 0 Å². The quantitative estimate of drug-likeness (QED) is 0.672. The molecule has 0 fully saturated rings. The van der Waals surface area contributed by atoms with Gasteiger partial charge in [-0.25, -0.2) is 0 Å². The molecule has 0 aliphatic heterocycles. The fraction of sp³-hybridized carbons (Fsp3) is 0.143. The summed E-state index contributed by atoms with van der Waals surface area (Å²) >= 11 is 1.96. The number of aromatic amines is 1. The third kappa shape index (κ3) is 2.28. The summed E-state index contributed by atoms with van der Waals surface area (Å²) in [7, 11) is 0. The fourth-order valence-corrected chi connectivity index (χ4v) is 1.33. The molecule has 5 nitrogen and oxygen atoms in total. The number of nitrogens with two attached hydrogens (primary N) is 1. The third-order valence-corrected chi connectivity index (χ3v) is 2.12. The van der Waals surface area contributed by atoms with E-state index in [1.807, 2.05) is 22.6 Å². The van der Waals surface area contributed by atoms with Crippen LogP contribution in [0.15, 0.2) is 17.1 Å². The van der Waals surface area contributed by atoms with Crippen molar-refractivity contribution in [1.29, 1.82) is 0 Å². The summed E-state index contributed by atoms with van der Waals surface area (Å²) < 4.78 is 0.740. The largest absolute Gasteiger partial charge is 0.480 e. The minimum Gasteiger partial charge on any atom is -0.480 e. The van der Waals surface area contributed by atoms with Gasteiger partial charge in [0.05, 0.1) is 0 Å². The van der Waals surface area contributed by atoms with Crippen molar-refractivity contribution in [2.24, 2.45) is 5.73 Å². The van der Waals surface area contributed by atoms with Crippen molar-refractivity contribution in [3.8, 4) is 0 Å². The number of hydrogen-bond acceptors (Lipinski definition) is 3. The van der Waals surface area contributed by atoms with E-state index in [1.165, 1.54) is 12.3 Å². The fourth-order valence-electron chi connectivity index (χ4n) is 0.838. The number of H-pyrrole nitrogens is 1. The van der Waals surface area contributed by atoms with Crippen LogP contribution in [0.3, 0.4) is 0 Å². The lowest BCUT2D eigenvalue weighted by Gasteiger charge is -2.04. The third-order valence-electron chi connectivity index (χ3n) is 1.50. The van der Waals surface area contributed by atoms with Gasteiger partial charge in [0.15, 0.2) is 0 Å². The second-order valence-corrected chi connectivity index (χ2v) is 3.66. The van der Waals surface area contributed by atoms with Crippen LogP contribution < -0.4 is 11.3 Å². The van der Waals surface area contributed by atoms with E-state index in [2.05, 4.69) is 4.98 Å². The van der Waals surface area contributed by atoms with E-state index in [-0.39, 0.29) is 5.56 Å². The Morgan fingerprint density at radius 2 is 2.31 bits per heavy atom. The van der Waals surface area contributed by atoms with Crippen LogP contribution in [-0.2, 0) is 4.79 Å². The van der Waals surface area contributed by atoms with Crippen LogP contribution in [0, 0.1) is 3.57 Å². The minimum atomic E-state index is -1.27. The summed E-state index contributed by atoms with van der Waals surface area (Å²) in [6.07, 6.45) is 1.49. The second kappa shape index (κ2) is 3.88. The Balaban J connectivity index is 3.21. The summed E-state index contributed by atoms with van der Waals surface area (Å²) in [5.74, 6) is -1.22. The number of aromatic nitrogens is 1. The minimum absolute atomic E-state index is 0.0689. The predicted molar refractivity (Wildman–Crippen MR) is 54.3 cm³/mol. The lowest BCUT2D eigenvalue weighted by Crippen LogP contribution is -2.28. The Bertz CT molecular complexity index is 388. The molecule has 1 rings (SSSR count). The highest BCUT2D eigenvalue weighted by atomic mass is 127. The van der Waals surface area contributed by atoms with E-state index in [9.17, 15) is 9.59 Å². The first-order valence-electron chi connectivity index (χ1n) is 3.39. The molecule has 1 aromatic rings. The monoisotopic (exact) mass is 294 g/mol. The number of carbonyl (C=O) groups is 1. The summed E-state index contributed by atoms with van der Waals surface area (Å²) in [4.78, 5) is 24.0. The zero-order valence-corrected chi connectivity index (χ0v) is 8.61. The maximum Gasteiger partial charge on any atom is 0.325 e. The Labute approximate surface area is 87.1 Å². The van der Waals surface area contributed by atoms with Gasteiger partial charge in [0.25, 0.3) is 5.56 Å². The number of hydrogen-bond donors (Lipinski definition) is 3. The van der Waals surface area contributed by atoms with Crippen molar-refractivity contribution in [2.75, 3.05) is 0 Å². The van der Waals surface area contributed by atoms with Crippen molar-refractivity contribution >= 4 is 28.6 Å². The van der Waals surface area contributed by atoms with Gasteiger partial charge in [-0.15, -0.1) is 0 Å². The lowest BCUT2D eigenvalue weighted by molar-refractivity contribution is -0.138. The molecule has 70 valence electrons. The van der Waals surface area contributed by atoms with E-state index in [4.69, 9.17) is 10.8 Å². The van der Waals surface area contributed by atoms with Crippen molar-refractivity contribution in [3.05, 3.63) is 31.8 Å². The van der Waals surface area contributed by atoms with Crippen molar-refractivity contribution in [3.63, 3.8) is 0 Å². The van der Waals surface area contributed by atoms with E-state index in [1.54, 1.807) is 0 Å². The average molecular weight is 294 g/mol. The molecular weight excluding hydrogens is 287 g/mol. The zero-order valence-electron chi connectivity index (χ0n) is 6.45. The molecule has 0 saturated heterocycles. The summed E-state index contributed by atoms with van der Waals surface area (Å²) in [6.45, 7) is 0. The van der Waals surface area contributed by atoms with Gasteiger partial charge >= 0.3 is 5.97 Å². The standard InChI is InChI=1S/C7H7IN2O3/c8-3-1-4(5(9)7(12)13)6(11)10-2-3/h1-2,5H,9H2,(H,10,11)(H,12,13). The van der Waals surface area contributed by atoms with Gasteiger partial charge in [-0.1, -0.05) is 0 Å². The number of nitrogens with one attached hydrogen (secondary N) is 1. The van der Waals surface area contributed by atoms with Gasteiger partial charge < -0.3 is 15.8 Å². The van der Waals surface area contributed by atoms with Crippen LogP contribution in [0.1, 0.15) is 11.6 Å². The normalized spacial score (nSPS) is 12.5. The smallest absolute Gasteiger partial charge is 0.325 e. The molecule has 0 aliphatic carbocycles. The molecule has 1 unspecified atom stereocenters. The Morgan fingerprint density at radius 3 is 2.85 bits per heavy atom. The lowest BCUT2D eigenvalue weighted by atomic mass is 10.1. The molecule has 0 saturated carbocycles. The van der Waals surface area contributed by atoms with E-state index in [0.717, 1.165) is 3.57 Å². The molecule has 0 spiro atoms. The molecule has 0 radical (unpaired) electrons. The molecule has 4 N–H and O–H groups in total. The van der Waals surface area contributed by atoms with Gasteiger partial charge in [-0.2, -0.15) is 0 Å². The number of rotatable bonds is 2. The number of carboxylic acids is 1. The first-order valence-corrected chi connectivity index (χ1v) is 4.46. The molecule has 13 heavy (non-hydrogen) atoms. The highest BCUT2D eigenvalue weighted by Crippen LogP contribution is 2.08. The van der Waals surface area contributed by atoms with Gasteiger partial charge in [-0.3, -0.25) is 9.59 Å².